The molecule has 0 aliphatic rings. The number of amides is 2. The second kappa shape index (κ2) is 10.8. The van der Waals surface area contributed by atoms with Gasteiger partial charge in [0.1, 0.15) is 0 Å². The number of hydrogen-bond donors (Lipinski definition) is 2. The molecule has 23 heavy (non-hydrogen) atoms. The number of benzene rings is 1. The van der Waals surface area contributed by atoms with Crippen LogP contribution in [-0.2, 0) is 16.1 Å². The molecule has 0 aliphatic carbocycles. The first-order chi connectivity index (χ1) is 11.0. The number of carbonyl (C=O) groups is 2. The van der Waals surface area contributed by atoms with Gasteiger partial charge in [0.05, 0.1) is 0 Å². The Morgan fingerprint density at radius 3 is 2.13 bits per heavy atom. The highest BCUT2D eigenvalue weighted by Gasteiger charge is 2.12. The summed E-state index contributed by atoms with van der Waals surface area (Å²) in [6, 6.07) is 8.09. The predicted octanol–water partition coefficient (Wildman–Crippen LogP) is 3.51. The molecule has 2 N–H and O–H groups in total. The first-order valence-corrected chi connectivity index (χ1v) is 8.69. The largest absolute Gasteiger partial charge is 0.348 e. The van der Waals surface area contributed by atoms with Crippen LogP contribution in [-0.4, -0.2) is 18.4 Å². The van der Waals surface area contributed by atoms with Crippen molar-refractivity contribution in [3.63, 3.8) is 0 Å². The molecule has 128 valence electrons. The van der Waals surface area contributed by atoms with Crippen LogP contribution in [0.25, 0.3) is 0 Å². The summed E-state index contributed by atoms with van der Waals surface area (Å²) in [4.78, 5) is 23.4. The number of carbonyl (C=O) groups excluding carboxylic acids is 2. The van der Waals surface area contributed by atoms with E-state index in [-0.39, 0.29) is 0 Å². The normalized spacial score (nSPS) is 10.6. The molecule has 0 spiro atoms. The van der Waals surface area contributed by atoms with Crippen molar-refractivity contribution >= 4 is 11.8 Å². The minimum Gasteiger partial charge on any atom is -0.348 e. The summed E-state index contributed by atoms with van der Waals surface area (Å²) >= 11 is 0. The van der Waals surface area contributed by atoms with Crippen LogP contribution >= 0.6 is 0 Å². The minimum absolute atomic E-state index is 0.376. The Hall–Kier alpha value is -1.84. The van der Waals surface area contributed by atoms with Crippen LogP contribution in [0.3, 0.4) is 0 Å². The van der Waals surface area contributed by atoms with Crippen molar-refractivity contribution in [1.82, 2.24) is 10.6 Å². The molecule has 0 aromatic heterocycles. The Kier molecular flexibility index (Phi) is 9.03. The van der Waals surface area contributed by atoms with Crippen LogP contribution in [0.5, 0.6) is 0 Å². The molecule has 0 saturated carbocycles. The Labute approximate surface area is 140 Å². The van der Waals surface area contributed by atoms with E-state index in [0.717, 1.165) is 18.4 Å². The summed E-state index contributed by atoms with van der Waals surface area (Å²) in [5.41, 5.74) is 2.26. The smallest absolute Gasteiger partial charge is 0.309 e. The Morgan fingerprint density at radius 1 is 0.913 bits per heavy atom. The fourth-order valence-corrected chi connectivity index (χ4v) is 2.29. The molecule has 4 nitrogen and oxygen atoms in total. The van der Waals surface area contributed by atoms with E-state index in [1.165, 1.54) is 24.8 Å². The number of hydrogen-bond acceptors (Lipinski definition) is 2. The monoisotopic (exact) mass is 318 g/mol. The molecule has 1 aromatic rings. The van der Waals surface area contributed by atoms with Gasteiger partial charge in [0.15, 0.2) is 0 Å². The fraction of sp³-hybridized carbons (Fsp3) is 0.579. The van der Waals surface area contributed by atoms with Crippen molar-refractivity contribution < 1.29 is 9.59 Å². The number of rotatable bonds is 9. The van der Waals surface area contributed by atoms with Gasteiger partial charge in [-0.05, 0) is 23.5 Å². The second-order valence-corrected chi connectivity index (χ2v) is 6.25. The molecule has 2 amide bonds. The second-order valence-electron chi connectivity index (χ2n) is 6.25. The van der Waals surface area contributed by atoms with Gasteiger partial charge >= 0.3 is 11.8 Å². The highest BCUT2D eigenvalue weighted by Crippen LogP contribution is 2.14. The average molecular weight is 318 g/mol. The molecular formula is C19H30N2O2. The summed E-state index contributed by atoms with van der Waals surface area (Å²) < 4.78 is 0. The van der Waals surface area contributed by atoms with E-state index in [1.807, 2.05) is 12.1 Å². The van der Waals surface area contributed by atoms with Crippen molar-refractivity contribution in [2.45, 2.75) is 65.3 Å². The van der Waals surface area contributed by atoms with Crippen LogP contribution in [0, 0.1) is 0 Å². The molecule has 0 fully saturated rings. The van der Waals surface area contributed by atoms with Crippen LogP contribution in [0.15, 0.2) is 24.3 Å². The van der Waals surface area contributed by atoms with Gasteiger partial charge in [-0.2, -0.15) is 0 Å². The van der Waals surface area contributed by atoms with E-state index < -0.39 is 11.8 Å². The Bertz CT molecular complexity index is 481. The summed E-state index contributed by atoms with van der Waals surface area (Å²) in [6.45, 7) is 7.40. The molecule has 0 atom stereocenters. The zero-order chi connectivity index (χ0) is 17.1. The van der Waals surface area contributed by atoms with E-state index in [1.54, 1.807) is 0 Å². The van der Waals surface area contributed by atoms with E-state index in [2.05, 4.69) is 43.5 Å². The van der Waals surface area contributed by atoms with Gasteiger partial charge in [-0.3, -0.25) is 9.59 Å². The van der Waals surface area contributed by atoms with E-state index in [0.29, 0.717) is 19.0 Å². The minimum atomic E-state index is -0.563. The summed E-state index contributed by atoms with van der Waals surface area (Å²) in [5.74, 6) is -0.618. The van der Waals surface area contributed by atoms with Gasteiger partial charge in [0, 0.05) is 13.1 Å². The standard InChI is InChI=1S/C19H30N2O2/c1-4-5-6-7-8-13-20-18(22)19(23)21-14-16-9-11-17(12-10-16)15(2)3/h9-12,15H,4-8,13-14H2,1-3H3,(H,20,22)(H,21,23). The highest BCUT2D eigenvalue weighted by atomic mass is 16.2. The maximum Gasteiger partial charge on any atom is 0.309 e. The number of nitrogens with one attached hydrogen (secondary N) is 2. The van der Waals surface area contributed by atoms with Gasteiger partial charge < -0.3 is 10.6 Å². The van der Waals surface area contributed by atoms with Gasteiger partial charge in [-0.15, -0.1) is 0 Å². The molecule has 0 unspecified atom stereocenters. The molecule has 0 radical (unpaired) electrons. The molecular weight excluding hydrogens is 288 g/mol. The Balaban J connectivity index is 2.23. The topological polar surface area (TPSA) is 58.2 Å². The van der Waals surface area contributed by atoms with Crippen molar-refractivity contribution in [1.29, 1.82) is 0 Å². The molecule has 0 heterocycles. The molecule has 1 aromatic carbocycles. The van der Waals surface area contributed by atoms with Gasteiger partial charge in [-0.25, -0.2) is 0 Å². The van der Waals surface area contributed by atoms with Crippen LogP contribution in [0.2, 0.25) is 0 Å². The van der Waals surface area contributed by atoms with E-state index in [9.17, 15) is 9.59 Å². The summed E-state index contributed by atoms with van der Waals surface area (Å²) in [7, 11) is 0. The van der Waals surface area contributed by atoms with E-state index >= 15 is 0 Å². The van der Waals surface area contributed by atoms with Crippen molar-refractivity contribution in [2.75, 3.05) is 6.54 Å². The molecule has 4 heteroatoms. The lowest BCUT2D eigenvalue weighted by molar-refractivity contribution is -0.139. The first-order valence-electron chi connectivity index (χ1n) is 8.69. The van der Waals surface area contributed by atoms with Crippen molar-refractivity contribution in [2.24, 2.45) is 0 Å². The van der Waals surface area contributed by atoms with Crippen LogP contribution in [0.4, 0.5) is 0 Å². The zero-order valence-corrected chi connectivity index (χ0v) is 14.7. The van der Waals surface area contributed by atoms with Gasteiger partial charge in [0.25, 0.3) is 0 Å². The quantitative estimate of drug-likeness (QED) is 0.541. The van der Waals surface area contributed by atoms with Gasteiger partial charge in [-0.1, -0.05) is 70.7 Å². The molecule has 0 aliphatic heterocycles. The average Bonchev–Trinajstić information content (AvgIpc) is 2.55. The lowest BCUT2D eigenvalue weighted by Gasteiger charge is -2.08. The predicted molar refractivity (Wildman–Crippen MR) is 94.1 cm³/mol. The van der Waals surface area contributed by atoms with Crippen LogP contribution in [0.1, 0.15) is 69.9 Å². The van der Waals surface area contributed by atoms with E-state index in [4.69, 9.17) is 0 Å². The third-order valence-electron chi connectivity index (χ3n) is 3.87. The summed E-state index contributed by atoms with van der Waals surface area (Å²) in [5, 5.41) is 5.33. The SMILES string of the molecule is CCCCCCCNC(=O)C(=O)NCc1ccc(C(C)C)cc1. The first kappa shape index (κ1) is 19.2. The van der Waals surface area contributed by atoms with Crippen molar-refractivity contribution in [3.05, 3.63) is 35.4 Å². The number of unbranched alkanes of at least 4 members (excludes halogenated alkanes) is 4. The van der Waals surface area contributed by atoms with Crippen molar-refractivity contribution in [3.8, 4) is 0 Å². The van der Waals surface area contributed by atoms with Gasteiger partial charge in [0.2, 0.25) is 0 Å². The maximum absolute atomic E-state index is 11.7. The third kappa shape index (κ3) is 7.82. The highest BCUT2D eigenvalue weighted by molar-refractivity contribution is 6.35. The zero-order valence-electron chi connectivity index (χ0n) is 14.7. The third-order valence-corrected chi connectivity index (χ3v) is 3.87. The van der Waals surface area contributed by atoms with Crippen LogP contribution < -0.4 is 10.6 Å². The molecule has 1 rings (SSSR count). The molecule has 0 bridgehead atoms. The maximum atomic E-state index is 11.7. The Morgan fingerprint density at radius 2 is 1.52 bits per heavy atom. The molecule has 0 saturated heterocycles. The fourth-order valence-electron chi connectivity index (χ4n) is 2.29. The lowest BCUT2D eigenvalue weighted by Crippen LogP contribution is -2.39. The lowest BCUT2D eigenvalue weighted by atomic mass is 10.0. The summed E-state index contributed by atoms with van der Waals surface area (Å²) in [6.07, 6.45) is 5.63.